The lowest BCUT2D eigenvalue weighted by Gasteiger charge is -2.20. The number of benzene rings is 2. The second-order valence-corrected chi connectivity index (χ2v) is 4.73. The van der Waals surface area contributed by atoms with Crippen LogP contribution >= 0.6 is 0 Å². The van der Waals surface area contributed by atoms with E-state index >= 15 is 0 Å². The molecule has 4 nitrogen and oxygen atoms in total. The minimum atomic E-state index is -0.353. The number of phenolic OH excluding ortho intramolecular Hbond substituents is 1. The Morgan fingerprint density at radius 1 is 1.19 bits per heavy atom. The molecule has 2 aromatic carbocycles. The van der Waals surface area contributed by atoms with E-state index in [4.69, 9.17) is 0 Å². The number of hydrogen-bond donors (Lipinski definition) is 2. The summed E-state index contributed by atoms with van der Waals surface area (Å²) in [5.74, 6) is -0.0719. The van der Waals surface area contributed by atoms with Gasteiger partial charge in [0.15, 0.2) is 0 Å². The lowest BCUT2D eigenvalue weighted by molar-refractivity contribution is 0.0601. The molecule has 2 aromatic rings. The number of carbonyl (C=O) groups excluding carboxylic acids is 1. The van der Waals surface area contributed by atoms with E-state index in [0.717, 1.165) is 17.7 Å². The van der Waals surface area contributed by atoms with Crippen molar-refractivity contribution >= 4 is 11.7 Å². The van der Waals surface area contributed by atoms with E-state index in [1.54, 1.807) is 24.3 Å². The molecule has 0 spiro atoms. The fourth-order valence-corrected chi connectivity index (χ4v) is 2.20. The smallest absolute Gasteiger partial charge is 0.337 e. The molecule has 0 aromatic heterocycles. The summed E-state index contributed by atoms with van der Waals surface area (Å²) in [6, 6.07) is 14.4. The average Bonchev–Trinajstić information content (AvgIpc) is 2.53. The van der Waals surface area contributed by atoms with Gasteiger partial charge in [0.05, 0.1) is 18.7 Å². The first kappa shape index (κ1) is 14.9. The molecule has 0 radical (unpaired) electrons. The van der Waals surface area contributed by atoms with E-state index in [2.05, 4.69) is 10.1 Å². The van der Waals surface area contributed by atoms with Gasteiger partial charge in [-0.25, -0.2) is 4.79 Å². The van der Waals surface area contributed by atoms with E-state index in [9.17, 15) is 9.90 Å². The molecule has 110 valence electrons. The molecular weight excluding hydrogens is 266 g/mol. The van der Waals surface area contributed by atoms with Gasteiger partial charge in [0, 0.05) is 11.3 Å². The van der Waals surface area contributed by atoms with E-state index in [1.165, 1.54) is 7.11 Å². The van der Waals surface area contributed by atoms with Crippen LogP contribution in [0.1, 0.15) is 35.3 Å². The maximum atomic E-state index is 11.4. The Balaban J connectivity index is 2.16. The monoisotopic (exact) mass is 285 g/mol. The number of para-hydroxylation sites is 1. The van der Waals surface area contributed by atoms with Crippen molar-refractivity contribution in [2.45, 2.75) is 19.4 Å². The Labute approximate surface area is 124 Å². The van der Waals surface area contributed by atoms with Gasteiger partial charge in [0.2, 0.25) is 0 Å². The summed E-state index contributed by atoms with van der Waals surface area (Å²) in [6.45, 7) is 2.05. The summed E-state index contributed by atoms with van der Waals surface area (Å²) < 4.78 is 4.67. The van der Waals surface area contributed by atoms with Crippen LogP contribution in [-0.2, 0) is 4.74 Å². The van der Waals surface area contributed by atoms with Gasteiger partial charge in [0.1, 0.15) is 5.75 Å². The number of rotatable bonds is 5. The van der Waals surface area contributed by atoms with Gasteiger partial charge in [-0.3, -0.25) is 0 Å². The van der Waals surface area contributed by atoms with Crippen LogP contribution in [0.4, 0.5) is 5.69 Å². The highest BCUT2D eigenvalue weighted by Gasteiger charge is 2.13. The van der Waals surface area contributed by atoms with Gasteiger partial charge < -0.3 is 15.2 Å². The summed E-state index contributed by atoms with van der Waals surface area (Å²) in [5.41, 5.74) is 2.26. The summed E-state index contributed by atoms with van der Waals surface area (Å²) in [7, 11) is 1.36. The topological polar surface area (TPSA) is 58.6 Å². The predicted molar refractivity (Wildman–Crippen MR) is 82.5 cm³/mol. The zero-order valence-corrected chi connectivity index (χ0v) is 12.2. The van der Waals surface area contributed by atoms with Crippen LogP contribution in [-0.4, -0.2) is 18.2 Å². The van der Waals surface area contributed by atoms with Gasteiger partial charge in [-0.05, 0) is 36.8 Å². The Kier molecular flexibility index (Phi) is 4.82. The fraction of sp³-hybridized carbons (Fsp3) is 0.235. The van der Waals surface area contributed by atoms with Crippen molar-refractivity contribution in [2.24, 2.45) is 0 Å². The van der Waals surface area contributed by atoms with Gasteiger partial charge in [-0.1, -0.05) is 25.1 Å². The van der Waals surface area contributed by atoms with Gasteiger partial charge >= 0.3 is 5.97 Å². The quantitative estimate of drug-likeness (QED) is 0.822. The Hall–Kier alpha value is -2.49. The molecule has 0 saturated heterocycles. The number of methoxy groups -OCH3 is 1. The van der Waals surface area contributed by atoms with Crippen molar-refractivity contribution in [3.8, 4) is 5.75 Å². The number of nitrogens with one attached hydrogen (secondary N) is 1. The number of hydrogen-bond acceptors (Lipinski definition) is 4. The lowest BCUT2D eigenvalue weighted by Crippen LogP contribution is -2.10. The fourth-order valence-electron chi connectivity index (χ4n) is 2.20. The molecule has 4 heteroatoms. The van der Waals surface area contributed by atoms with Gasteiger partial charge in [-0.15, -0.1) is 0 Å². The van der Waals surface area contributed by atoms with Crippen molar-refractivity contribution in [3.05, 3.63) is 59.7 Å². The van der Waals surface area contributed by atoms with Gasteiger partial charge in [0.25, 0.3) is 0 Å². The molecule has 0 bridgehead atoms. The van der Waals surface area contributed by atoms with Crippen molar-refractivity contribution < 1.29 is 14.6 Å². The average molecular weight is 285 g/mol. The second-order valence-electron chi connectivity index (χ2n) is 4.73. The molecule has 1 atom stereocenters. The summed E-state index contributed by atoms with van der Waals surface area (Å²) in [4.78, 5) is 11.4. The van der Waals surface area contributed by atoms with Crippen LogP contribution in [0.25, 0.3) is 0 Å². The predicted octanol–water partition coefficient (Wildman–Crippen LogP) is 3.74. The first-order chi connectivity index (χ1) is 10.2. The summed E-state index contributed by atoms with van der Waals surface area (Å²) >= 11 is 0. The molecule has 2 rings (SSSR count). The summed E-state index contributed by atoms with van der Waals surface area (Å²) in [6.07, 6.45) is 0.830. The highest BCUT2D eigenvalue weighted by Crippen LogP contribution is 2.29. The van der Waals surface area contributed by atoms with Crippen LogP contribution in [0.5, 0.6) is 5.75 Å². The van der Waals surface area contributed by atoms with Crippen LogP contribution in [0.3, 0.4) is 0 Å². The first-order valence-electron chi connectivity index (χ1n) is 6.88. The third kappa shape index (κ3) is 3.54. The third-order valence-corrected chi connectivity index (χ3v) is 3.37. The molecule has 0 heterocycles. The molecule has 1 unspecified atom stereocenters. The van der Waals surface area contributed by atoms with E-state index in [-0.39, 0.29) is 17.8 Å². The zero-order valence-electron chi connectivity index (χ0n) is 12.2. The maximum absolute atomic E-state index is 11.4. The molecule has 0 aliphatic heterocycles. The maximum Gasteiger partial charge on any atom is 0.337 e. The minimum Gasteiger partial charge on any atom is -0.508 e. The highest BCUT2D eigenvalue weighted by atomic mass is 16.5. The molecule has 21 heavy (non-hydrogen) atoms. The Bertz CT molecular complexity index is 608. The highest BCUT2D eigenvalue weighted by molar-refractivity contribution is 5.89. The molecule has 0 amide bonds. The van der Waals surface area contributed by atoms with E-state index in [0.29, 0.717) is 5.56 Å². The number of phenols is 1. The molecule has 0 aliphatic carbocycles. The number of esters is 1. The second kappa shape index (κ2) is 6.79. The number of aromatic hydroxyl groups is 1. The van der Waals surface area contributed by atoms with Crippen LogP contribution < -0.4 is 5.32 Å². The molecule has 0 fully saturated rings. The van der Waals surface area contributed by atoms with Crippen molar-refractivity contribution in [1.29, 1.82) is 0 Å². The van der Waals surface area contributed by atoms with Crippen molar-refractivity contribution in [3.63, 3.8) is 0 Å². The van der Waals surface area contributed by atoms with E-state index < -0.39 is 0 Å². The van der Waals surface area contributed by atoms with Gasteiger partial charge in [-0.2, -0.15) is 0 Å². The number of carbonyl (C=O) groups is 1. The molecular formula is C17H19NO3. The normalized spacial score (nSPS) is 11.7. The largest absolute Gasteiger partial charge is 0.508 e. The van der Waals surface area contributed by atoms with E-state index in [1.807, 2.05) is 31.2 Å². The zero-order chi connectivity index (χ0) is 15.2. The van der Waals surface area contributed by atoms with Crippen LogP contribution in [0.15, 0.2) is 48.5 Å². The first-order valence-corrected chi connectivity index (χ1v) is 6.88. The SMILES string of the molecule is CCC(Nc1ccc(C(=O)OC)cc1)c1ccccc1O. The van der Waals surface area contributed by atoms with Crippen LogP contribution in [0.2, 0.25) is 0 Å². The Morgan fingerprint density at radius 2 is 1.86 bits per heavy atom. The molecule has 0 saturated carbocycles. The van der Waals surface area contributed by atoms with Crippen molar-refractivity contribution in [2.75, 3.05) is 12.4 Å². The standard InChI is InChI=1S/C17H19NO3/c1-3-15(14-6-4-5-7-16(14)19)18-13-10-8-12(9-11-13)17(20)21-2/h4-11,15,18-19H,3H2,1-2H3. The van der Waals surface area contributed by atoms with Crippen LogP contribution in [0, 0.1) is 0 Å². The number of ether oxygens (including phenoxy) is 1. The molecule has 2 N–H and O–H groups in total. The minimum absolute atomic E-state index is 0.00942. The van der Waals surface area contributed by atoms with Crippen molar-refractivity contribution in [1.82, 2.24) is 0 Å². The number of anilines is 1. The Morgan fingerprint density at radius 3 is 2.43 bits per heavy atom. The molecule has 0 aliphatic rings. The lowest BCUT2D eigenvalue weighted by atomic mass is 10.0. The third-order valence-electron chi connectivity index (χ3n) is 3.37. The summed E-state index contributed by atoms with van der Waals surface area (Å²) in [5, 5.41) is 13.3.